The van der Waals surface area contributed by atoms with E-state index in [2.05, 4.69) is 71.2 Å². The summed E-state index contributed by atoms with van der Waals surface area (Å²) in [6, 6.07) is 13.5. The van der Waals surface area contributed by atoms with Gasteiger partial charge in [0.2, 0.25) is 0 Å². The van der Waals surface area contributed by atoms with Gasteiger partial charge in [-0.05, 0) is 59.8 Å². The molecule has 1 nitrogen and oxygen atoms in total. The standard InChI is InChI=1S/C15H18INS/c1-3-11-8-9-12(18-11)10-15(17-2)13-6-4-5-7-14(13)16/h4-9,15,17H,3,10H2,1-2H3. The van der Waals surface area contributed by atoms with Crippen molar-refractivity contribution in [3.63, 3.8) is 0 Å². The SMILES string of the molecule is CCc1ccc(CC(NC)c2ccccc2I)s1. The molecule has 0 radical (unpaired) electrons. The number of hydrogen-bond acceptors (Lipinski definition) is 2. The lowest BCUT2D eigenvalue weighted by atomic mass is 10.0. The van der Waals surface area contributed by atoms with Gasteiger partial charge < -0.3 is 5.32 Å². The molecule has 0 saturated heterocycles. The van der Waals surface area contributed by atoms with E-state index in [1.54, 1.807) is 0 Å². The molecule has 96 valence electrons. The molecule has 2 aromatic rings. The number of likely N-dealkylation sites (N-methyl/N-ethyl adjacent to an activating group) is 1. The summed E-state index contributed by atoms with van der Waals surface area (Å²) >= 11 is 4.35. The number of aryl methyl sites for hydroxylation is 1. The lowest BCUT2D eigenvalue weighted by Gasteiger charge is -2.17. The van der Waals surface area contributed by atoms with Crippen LogP contribution in [0, 0.1) is 3.57 Å². The van der Waals surface area contributed by atoms with Crippen LogP contribution in [-0.4, -0.2) is 7.05 Å². The molecule has 18 heavy (non-hydrogen) atoms. The number of halogens is 1. The van der Waals surface area contributed by atoms with Crippen LogP contribution < -0.4 is 5.32 Å². The minimum atomic E-state index is 0.404. The van der Waals surface area contributed by atoms with Crippen LogP contribution in [0.15, 0.2) is 36.4 Å². The predicted molar refractivity (Wildman–Crippen MR) is 88.4 cm³/mol. The molecule has 1 aromatic carbocycles. The molecule has 0 spiro atoms. The zero-order chi connectivity index (χ0) is 13.0. The molecule has 0 saturated carbocycles. The van der Waals surface area contributed by atoms with Crippen molar-refractivity contribution >= 4 is 33.9 Å². The Morgan fingerprint density at radius 2 is 1.89 bits per heavy atom. The van der Waals surface area contributed by atoms with Gasteiger partial charge in [0.25, 0.3) is 0 Å². The fourth-order valence-corrected chi connectivity index (χ4v) is 3.82. The molecule has 1 atom stereocenters. The zero-order valence-corrected chi connectivity index (χ0v) is 13.7. The quantitative estimate of drug-likeness (QED) is 0.768. The van der Waals surface area contributed by atoms with E-state index in [4.69, 9.17) is 0 Å². The van der Waals surface area contributed by atoms with Crippen molar-refractivity contribution in [2.75, 3.05) is 7.05 Å². The van der Waals surface area contributed by atoms with Gasteiger partial charge in [-0.1, -0.05) is 25.1 Å². The zero-order valence-electron chi connectivity index (χ0n) is 10.7. The van der Waals surface area contributed by atoms with Crippen LogP contribution in [0.4, 0.5) is 0 Å². The summed E-state index contributed by atoms with van der Waals surface area (Å²) in [6.07, 6.45) is 2.21. The average molecular weight is 371 g/mol. The second-order valence-electron chi connectivity index (χ2n) is 4.29. The fourth-order valence-electron chi connectivity index (χ4n) is 2.05. The van der Waals surface area contributed by atoms with Crippen LogP contribution in [0.5, 0.6) is 0 Å². The predicted octanol–water partition coefficient (Wildman–Crippen LogP) is 4.42. The number of benzene rings is 1. The maximum Gasteiger partial charge on any atom is 0.0376 e. The van der Waals surface area contributed by atoms with E-state index in [1.807, 2.05) is 18.4 Å². The Morgan fingerprint density at radius 1 is 1.17 bits per heavy atom. The summed E-state index contributed by atoms with van der Waals surface area (Å²) in [5.41, 5.74) is 1.40. The molecule has 3 heteroatoms. The van der Waals surface area contributed by atoms with E-state index < -0.39 is 0 Å². The smallest absolute Gasteiger partial charge is 0.0376 e. The van der Waals surface area contributed by atoms with Crippen molar-refractivity contribution in [2.24, 2.45) is 0 Å². The highest BCUT2D eigenvalue weighted by Gasteiger charge is 2.13. The highest BCUT2D eigenvalue weighted by molar-refractivity contribution is 14.1. The first-order valence-corrected chi connectivity index (χ1v) is 8.13. The summed E-state index contributed by atoms with van der Waals surface area (Å²) in [7, 11) is 2.04. The van der Waals surface area contributed by atoms with Crippen molar-refractivity contribution in [2.45, 2.75) is 25.8 Å². The Bertz CT molecular complexity index is 507. The van der Waals surface area contributed by atoms with E-state index in [0.717, 1.165) is 12.8 Å². The van der Waals surface area contributed by atoms with E-state index >= 15 is 0 Å². The molecule has 1 unspecified atom stereocenters. The van der Waals surface area contributed by atoms with Crippen LogP contribution in [0.25, 0.3) is 0 Å². The van der Waals surface area contributed by atoms with Gasteiger partial charge in [-0.15, -0.1) is 11.3 Å². The molecule has 0 fully saturated rings. The first-order valence-electron chi connectivity index (χ1n) is 6.24. The van der Waals surface area contributed by atoms with E-state index in [0.29, 0.717) is 6.04 Å². The second-order valence-corrected chi connectivity index (χ2v) is 6.70. The minimum absolute atomic E-state index is 0.404. The summed E-state index contributed by atoms with van der Waals surface area (Å²) in [5, 5.41) is 3.44. The normalized spacial score (nSPS) is 12.6. The Kier molecular flexibility index (Phi) is 5.21. The Labute approximate surface area is 127 Å². The minimum Gasteiger partial charge on any atom is -0.313 e. The highest BCUT2D eigenvalue weighted by Crippen LogP contribution is 2.26. The number of nitrogens with one attached hydrogen (secondary N) is 1. The number of rotatable bonds is 5. The third kappa shape index (κ3) is 3.33. The monoisotopic (exact) mass is 371 g/mol. The van der Waals surface area contributed by atoms with E-state index in [9.17, 15) is 0 Å². The molecular weight excluding hydrogens is 353 g/mol. The van der Waals surface area contributed by atoms with Gasteiger partial charge in [0, 0.05) is 25.8 Å². The third-order valence-corrected chi connectivity index (χ3v) is 5.33. The van der Waals surface area contributed by atoms with Crippen molar-refractivity contribution in [1.29, 1.82) is 0 Å². The molecule has 0 aliphatic carbocycles. The largest absolute Gasteiger partial charge is 0.313 e. The number of thiophene rings is 1. The molecule has 1 aromatic heterocycles. The average Bonchev–Trinajstić information content (AvgIpc) is 2.85. The van der Waals surface area contributed by atoms with Crippen molar-refractivity contribution in [3.8, 4) is 0 Å². The van der Waals surface area contributed by atoms with Crippen LogP contribution in [0.1, 0.15) is 28.3 Å². The molecule has 2 rings (SSSR count). The summed E-state index contributed by atoms with van der Waals surface area (Å²) in [6.45, 7) is 2.21. The summed E-state index contributed by atoms with van der Waals surface area (Å²) in [4.78, 5) is 2.94. The second kappa shape index (κ2) is 6.68. The number of hydrogen-bond donors (Lipinski definition) is 1. The highest BCUT2D eigenvalue weighted by atomic mass is 127. The molecule has 0 amide bonds. The molecule has 1 N–H and O–H groups in total. The van der Waals surface area contributed by atoms with Gasteiger partial charge in [0.15, 0.2) is 0 Å². The first-order chi connectivity index (χ1) is 8.74. The van der Waals surface area contributed by atoms with Gasteiger partial charge in [0.05, 0.1) is 0 Å². The Hall–Kier alpha value is -0.390. The Balaban J connectivity index is 2.17. The first kappa shape index (κ1) is 14.0. The van der Waals surface area contributed by atoms with Crippen LogP contribution in [0.2, 0.25) is 0 Å². The van der Waals surface area contributed by atoms with Crippen molar-refractivity contribution in [1.82, 2.24) is 5.32 Å². The van der Waals surface area contributed by atoms with Gasteiger partial charge in [0.1, 0.15) is 0 Å². The molecular formula is C15H18INS. The van der Waals surface area contributed by atoms with Crippen LogP contribution >= 0.6 is 33.9 Å². The summed E-state index contributed by atoms with van der Waals surface area (Å²) < 4.78 is 1.33. The van der Waals surface area contributed by atoms with Crippen molar-refractivity contribution < 1.29 is 0 Å². The van der Waals surface area contributed by atoms with Crippen LogP contribution in [0.3, 0.4) is 0 Å². The lowest BCUT2D eigenvalue weighted by molar-refractivity contribution is 0.594. The van der Waals surface area contributed by atoms with Gasteiger partial charge in [-0.3, -0.25) is 0 Å². The third-order valence-electron chi connectivity index (χ3n) is 3.10. The van der Waals surface area contributed by atoms with Gasteiger partial charge >= 0.3 is 0 Å². The van der Waals surface area contributed by atoms with Gasteiger partial charge in [-0.25, -0.2) is 0 Å². The van der Waals surface area contributed by atoms with E-state index in [1.165, 1.54) is 18.9 Å². The molecule has 0 bridgehead atoms. The van der Waals surface area contributed by atoms with Gasteiger partial charge in [-0.2, -0.15) is 0 Å². The van der Waals surface area contributed by atoms with E-state index in [-0.39, 0.29) is 0 Å². The molecule has 0 aliphatic rings. The van der Waals surface area contributed by atoms with Crippen molar-refractivity contribution in [3.05, 3.63) is 55.3 Å². The van der Waals surface area contributed by atoms with Crippen LogP contribution in [-0.2, 0) is 12.8 Å². The topological polar surface area (TPSA) is 12.0 Å². The molecule has 0 aliphatic heterocycles. The maximum atomic E-state index is 3.44. The lowest BCUT2D eigenvalue weighted by Crippen LogP contribution is -2.19. The fraction of sp³-hybridized carbons (Fsp3) is 0.333. The maximum absolute atomic E-state index is 3.44. The Morgan fingerprint density at radius 3 is 2.50 bits per heavy atom. The summed E-state index contributed by atoms with van der Waals surface area (Å²) in [5.74, 6) is 0. The molecule has 1 heterocycles.